The van der Waals surface area contributed by atoms with E-state index >= 15 is 0 Å². The Hall–Kier alpha value is -1.95. The van der Waals surface area contributed by atoms with Gasteiger partial charge >= 0.3 is 0 Å². The molecule has 2 rings (SSSR count). The highest BCUT2D eigenvalue weighted by molar-refractivity contribution is 9.10. The van der Waals surface area contributed by atoms with Crippen LogP contribution >= 0.6 is 15.9 Å². The zero-order chi connectivity index (χ0) is 18.5. The summed E-state index contributed by atoms with van der Waals surface area (Å²) in [6.07, 6.45) is 6.01. The highest BCUT2D eigenvalue weighted by Crippen LogP contribution is 2.24. The van der Waals surface area contributed by atoms with Crippen molar-refractivity contribution in [1.82, 2.24) is 14.9 Å². The average Bonchev–Trinajstić information content (AvgIpc) is 2.59. The van der Waals surface area contributed by atoms with Crippen LogP contribution in [0.1, 0.15) is 44.5 Å². The molecule has 1 aromatic heterocycles. The average molecular weight is 395 g/mol. The summed E-state index contributed by atoms with van der Waals surface area (Å²) < 4.78 is 0.854. The van der Waals surface area contributed by atoms with E-state index in [4.69, 9.17) is 0 Å². The largest absolute Gasteiger partial charge is 0.352 e. The van der Waals surface area contributed by atoms with E-state index in [1.807, 2.05) is 26.0 Å². The summed E-state index contributed by atoms with van der Waals surface area (Å²) in [7, 11) is 3.44. The van der Waals surface area contributed by atoms with Gasteiger partial charge in [0.15, 0.2) is 0 Å². The van der Waals surface area contributed by atoms with Gasteiger partial charge in [0.1, 0.15) is 6.33 Å². The van der Waals surface area contributed by atoms with Crippen molar-refractivity contribution < 1.29 is 4.79 Å². The summed E-state index contributed by atoms with van der Waals surface area (Å²) >= 11 is 3.38. The molecule has 5 nitrogen and oxygen atoms in total. The molecule has 2 aromatic rings. The number of rotatable bonds is 3. The van der Waals surface area contributed by atoms with Crippen molar-refractivity contribution in [3.8, 4) is 0 Å². The number of nitrogens with zero attached hydrogens (tertiary/aromatic N) is 3. The second-order valence-corrected chi connectivity index (χ2v) is 5.76. The van der Waals surface area contributed by atoms with Gasteiger partial charge in [-0.25, -0.2) is 9.97 Å². The SMILES string of the molecule is CC.CCC.CN(C)C(=O)c1cc(Br)ccc1Nc1cncnc1. The minimum absolute atomic E-state index is 0.0688. The molecule has 0 saturated carbocycles. The molecule has 6 heteroatoms. The minimum Gasteiger partial charge on any atom is -0.352 e. The number of halogens is 1. The van der Waals surface area contributed by atoms with E-state index in [-0.39, 0.29) is 5.91 Å². The van der Waals surface area contributed by atoms with E-state index < -0.39 is 0 Å². The van der Waals surface area contributed by atoms with Gasteiger partial charge in [0.25, 0.3) is 5.91 Å². The fourth-order valence-electron chi connectivity index (χ4n) is 1.56. The fraction of sp³-hybridized carbons (Fsp3) is 0.389. The summed E-state index contributed by atoms with van der Waals surface area (Å²) in [5, 5.41) is 3.14. The van der Waals surface area contributed by atoms with Crippen molar-refractivity contribution in [3.63, 3.8) is 0 Å². The molecule has 0 unspecified atom stereocenters. The van der Waals surface area contributed by atoms with Crippen LogP contribution in [0.4, 0.5) is 11.4 Å². The Kier molecular flexibility index (Phi) is 11.5. The van der Waals surface area contributed by atoms with Gasteiger partial charge in [-0.1, -0.05) is 50.0 Å². The van der Waals surface area contributed by atoms with Crippen LogP contribution in [0.3, 0.4) is 0 Å². The molecule has 0 saturated heterocycles. The van der Waals surface area contributed by atoms with Gasteiger partial charge in [-0.15, -0.1) is 0 Å². The number of benzene rings is 1. The normalized spacial score (nSPS) is 8.96. The molecule has 0 bridgehead atoms. The molecule has 0 radical (unpaired) electrons. The molecule has 0 spiro atoms. The molecule has 1 N–H and O–H groups in total. The summed E-state index contributed by atoms with van der Waals surface area (Å²) in [5.41, 5.74) is 2.04. The Labute approximate surface area is 153 Å². The first kappa shape index (κ1) is 22.1. The van der Waals surface area contributed by atoms with Crippen molar-refractivity contribution in [2.45, 2.75) is 34.1 Å². The van der Waals surface area contributed by atoms with E-state index in [0.717, 1.165) is 15.8 Å². The van der Waals surface area contributed by atoms with Gasteiger partial charge in [0.2, 0.25) is 0 Å². The van der Waals surface area contributed by atoms with E-state index in [2.05, 4.69) is 45.1 Å². The van der Waals surface area contributed by atoms with Crippen molar-refractivity contribution in [3.05, 3.63) is 47.0 Å². The van der Waals surface area contributed by atoms with E-state index in [1.165, 1.54) is 17.6 Å². The van der Waals surface area contributed by atoms with Crippen LogP contribution in [0.25, 0.3) is 0 Å². The highest BCUT2D eigenvalue weighted by atomic mass is 79.9. The standard InChI is InChI=1S/C13H13BrN4O.C3H8.C2H6/c1-18(2)13(19)11-5-9(14)3-4-12(11)17-10-6-15-8-16-7-10;1-3-2;1-2/h3-8,17H,1-2H3;3H2,1-2H3;1-2H3. The molecular formula is C18H27BrN4O. The summed E-state index contributed by atoms with van der Waals surface area (Å²) in [6.45, 7) is 8.25. The van der Waals surface area contributed by atoms with E-state index in [0.29, 0.717) is 5.56 Å². The zero-order valence-electron chi connectivity index (χ0n) is 15.3. The molecule has 132 valence electrons. The number of hydrogen-bond donors (Lipinski definition) is 1. The quantitative estimate of drug-likeness (QED) is 0.783. The zero-order valence-corrected chi connectivity index (χ0v) is 16.9. The third-order valence-electron chi connectivity index (χ3n) is 2.46. The minimum atomic E-state index is -0.0688. The first-order chi connectivity index (χ1) is 11.5. The predicted octanol–water partition coefficient (Wildman–Crippen LogP) is 5.13. The summed E-state index contributed by atoms with van der Waals surface area (Å²) in [5.74, 6) is -0.0688. The van der Waals surface area contributed by atoms with Crippen LogP contribution in [0.2, 0.25) is 0 Å². The van der Waals surface area contributed by atoms with Crippen LogP contribution in [0.15, 0.2) is 41.4 Å². The maximum absolute atomic E-state index is 12.1. The van der Waals surface area contributed by atoms with Gasteiger partial charge < -0.3 is 10.2 Å². The lowest BCUT2D eigenvalue weighted by Crippen LogP contribution is -2.22. The number of carbonyl (C=O) groups is 1. The first-order valence-electron chi connectivity index (χ1n) is 8.02. The third kappa shape index (κ3) is 7.55. The van der Waals surface area contributed by atoms with E-state index in [1.54, 1.807) is 32.6 Å². The number of hydrogen-bond acceptors (Lipinski definition) is 4. The van der Waals surface area contributed by atoms with E-state index in [9.17, 15) is 4.79 Å². The van der Waals surface area contributed by atoms with Crippen LogP contribution < -0.4 is 5.32 Å². The topological polar surface area (TPSA) is 58.1 Å². The molecule has 0 aliphatic heterocycles. The lowest BCUT2D eigenvalue weighted by Gasteiger charge is -2.15. The Morgan fingerprint density at radius 2 is 1.71 bits per heavy atom. The maximum atomic E-state index is 12.1. The van der Waals surface area contributed by atoms with Gasteiger partial charge in [-0.2, -0.15) is 0 Å². The number of anilines is 2. The van der Waals surface area contributed by atoms with Gasteiger partial charge in [-0.05, 0) is 18.2 Å². The Balaban J connectivity index is 0.000000952. The monoisotopic (exact) mass is 394 g/mol. The number of nitrogens with one attached hydrogen (secondary N) is 1. The second kappa shape index (κ2) is 12.5. The molecule has 0 fully saturated rings. The number of aromatic nitrogens is 2. The van der Waals surface area contributed by atoms with Gasteiger partial charge in [-0.3, -0.25) is 4.79 Å². The molecule has 0 atom stereocenters. The highest BCUT2D eigenvalue weighted by Gasteiger charge is 2.14. The summed E-state index contributed by atoms with van der Waals surface area (Å²) in [6, 6.07) is 5.50. The third-order valence-corrected chi connectivity index (χ3v) is 2.95. The lowest BCUT2D eigenvalue weighted by atomic mass is 10.1. The molecule has 0 aliphatic carbocycles. The Morgan fingerprint density at radius 3 is 2.21 bits per heavy atom. The summed E-state index contributed by atoms with van der Waals surface area (Å²) in [4.78, 5) is 21.5. The molecule has 1 aromatic carbocycles. The van der Waals surface area contributed by atoms with Crippen LogP contribution in [0, 0.1) is 0 Å². The predicted molar refractivity (Wildman–Crippen MR) is 105 cm³/mol. The first-order valence-corrected chi connectivity index (χ1v) is 8.82. The molecule has 0 aliphatic rings. The number of carbonyl (C=O) groups excluding carboxylic acids is 1. The van der Waals surface area contributed by atoms with Gasteiger partial charge in [0.05, 0.1) is 29.3 Å². The van der Waals surface area contributed by atoms with Crippen molar-refractivity contribution in [2.24, 2.45) is 0 Å². The molecule has 1 heterocycles. The Bertz CT molecular complexity index is 603. The number of amides is 1. The smallest absolute Gasteiger partial charge is 0.255 e. The molecular weight excluding hydrogens is 368 g/mol. The fourth-order valence-corrected chi connectivity index (χ4v) is 1.92. The van der Waals surface area contributed by atoms with Crippen molar-refractivity contribution in [1.29, 1.82) is 0 Å². The lowest BCUT2D eigenvalue weighted by molar-refractivity contribution is 0.0828. The van der Waals surface area contributed by atoms with Gasteiger partial charge in [0, 0.05) is 18.6 Å². The van der Waals surface area contributed by atoms with Crippen molar-refractivity contribution in [2.75, 3.05) is 19.4 Å². The maximum Gasteiger partial charge on any atom is 0.255 e. The van der Waals surface area contributed by atoms with Crippen LogP contribution in [-0.4, -0.2) is 34.9 Å². The van der Waals surface area contributed by atoms with Crippen LogP contribution in [0.5, 0.6) is 0 Å². The van der Waals surface area contributed by atoms with Crippen LogP contribution in [-0.2, 0) is 0 Å². The molecule has 24 heavy (non-hydrogen) atoms. The van der Waals surface area contributed by atoms with Crippen molar-refractivity contribution >= 4 is 33.2 Å². The molecule has 1 amide bonds. The second-order valence-electron chi connectivity index (χ2n) is 4.85. The Morgan fingerprint density at radius 1 is 1.17 bits per heavy atom.